The summed E-state index contributed by atoms with van der Waals surface area (Å²) in [6.07, 6.45) is 3.02. The first-order chi connectivity index (χ1) is 6.28. The molecule has 0 aliphatic rings. The summed E-state index contributed by atoms with van der Waals surface area (Å²) < 4.78 is 5.07. The molecule has 0 rings (SSSR count). The molecule has 0 aromatic rings. The Bertz CT molecular complexity index is 147. The summed E-state index contributed by atoms with van der Waals surface area (Å²) in [5.41, 5.74) is 0. The lowest BCUT2D eigenvalue weighted by Crippen LogP contribution is -2.39. The summed E-state index contributed by atoms with van der Waals surface area (Å²) in [5.74, 6) is 0. The lowest BCUT2D eigenvalue weighted by molar-refractivity contribution is 0.159. The molecular weight excluding hydrogens is 164 g/mol. The van der Waals surface area contributed by atoms with Crippen LogP contribution in [0.4, 0.5) is 0 Å². The van der Waals surface area contributed by atoms with Gasteiger partial charge in [-0.15, -0.1) is 0 Å². The molecule has 0 spiro atoms. The summed E-state index contributed by atoms with van der Waals surface area (Å²) >= 11 is 0. The molecule has 0 bridgehead atoms. The highest BCUT2D eigenvalue weighted by atomic mass is 16.5. The van der Waals surface area contributed by atoms with Crippen molar-refractivity contribution < 1.29 is 4.74 Å². The van der Waals surface area contributed by atoms with Gasteiger partial charge >= 0.3 is 0 Å². The van der Waals surface area contributed by atoms with E-state index in [4.69, 9.17) is 10.00 Å². The number of nitrogens with zero attached hydrogens (tertiary/aromatic N) is 1. The Balaban J connectivity index is 3.85. The van der Waals surface area contributed by atoms with Gasteiger partial charge in [-0.2, -0.15) is 5.26 Å². The van der Waals surface area contributed by atoms with Gasteiger partial charge < -0.3 is 4.74 Å². The predicted molar refractivity (Wildman–Crippen MR) is 53.4 cm³/mol. The van der Waals surface area contributed by atoms with Crippen molar-refractivity contribution in [3.63, 3.8) is 0 Å². The number of hydrogen-bond acceptors (Lipinski definition) is 3. The molecule has 0 aromatic heterocycles. The minimum atomic E-state index is -0.0355. The van der Waals surface area contributed by atoms with Crippen LogP contribution in [0.3, 0.4) is 0 Å². The van der Waals surface area contributed by atoms with E-state index >= 15 is 0 Å². The second-order valence-electron chi connectivity index (χ2n) is 3.20. The van der Waals surface area contributed by atoms with Crippen LogP contribution in [0.2, 0.25) is 0 Å². The molecule has 1 N–H and O–H groups in total. The van der Waals surface area contributed by atoms with Crippen molar-refractivity contribution in [2.75, 3.05) is 13.7 Å². The van der Waals surface area contributed by atoms with E-state index in [1.165, 1.54) is 0 Å². The van der Waals surface area contributed by atoms with E-state index in [0.717, 1.165) is 19.3 Å². The summed E-state index contributed by atoms with van der Waals surface area (Å²) in [4.78, 5) is 0. The van der Waals surface area contributed by atoms with Gasteiger partial charge in [-0.3, -0.25) is 5.32 Å². The van der Waals surface area contributed by atoms with Crippen LogP contribution in [0.1, 0.15) is 33.1 Å². The molecule has 0 saturated heterocycles. The highest BCUT2D eigenvalue weighted by molar-refractivity contribution is 4.90. The first kappa shape index (κ1) is 12.4. The maximum atomic E-state index is 8.76. The van der Waals surface area contributed by atoms with E-state index < -0.39 is 0 Å². The smallest absolute Gasteiger partial charge is 0.0953 e. The average Bonchev–Trinajstić information content (AvgIpc) is 2.14. The van der Waals surface area contributed by atoms with E-state index in [1.54, 1.807) is 7.11 Å². The van der Waals surface area contributed by atoms with Gasteiger partial charge in [0.15, 0.2) is 0 Å². The Morgan fingerprint density at radius 2 is 2.15 bits per heavy atom. The fraction of sp³-hybridized carbons (Fsp3) is 0.900. The van der Waals surface area contributed by atoms with Crippen LogP contribution in [0.15, 0.2) is 0 Å². The highest BCUT2D eigenvalue weighted by Crippen LogP contribution is 2.00. The first-order valence-corrected chi connectivity index (χ1v) is 4.93. The lowest BCUT2D eigenvalue weighted by Gasteiger charge is -2.19. The first-order valence-electron chi connectivity index (χ1n) is 4.93. The number of methoxy groups -OCH3 is 1. The topological polar surface area (TPSA) is 45.0 Å². The average molecular weight is 184 g/mol. The molecule has 3 nitrogen and oxygen atoms in total. The van der Waals surface area contributed by atoms with Crippen molar-refractivity contribution in [2.24, 2.45) is 0 Å². The summed E-state index contributed by atoms with van der Waals surface area (Å²) in [6.45, 7) is 4.83. The van der Waals surface area contributed by atoms with Crippen molar-refractivity contribution in [1.29, 1.82) is 5.26 Å². The minimum Gasteiger partial charge on any atom is -0.383 e. The van der Waals surface area contributed by atoms with Gasteiger partial charge in [0.2, 0.25) is 0 Å². The Hall–Kier alpha value is -0.590. The van der Waals surface area contributed by atoms with E-state index in [0.29, 0.717) is 12.6 Å². The number of nitriles is 1. The van der Waals surface area contributed by atoms with E-state index in [-0.39, 0.29) is 6.04 Å². The second kappa shape index (κ2) is 8.03. The molecule has 0 aromatic carbocycles. The van der Waals surface area contributed by atoms with Crippen LogP contribution in [0.5, 0.6) is 0 Å². The van der Waals surface area contributed by atoms with E-state index in [2.05, 4.69) is 18.3 Å². The Labute approximate surface area is 81.1 Å². The quantitative estimate of drug-likeness (QED) is 0.655. The van der Waals surface area contributed by atoms with Crippen molar-refractivity contribution in [3.05, 3.63) is 0 Å². The summed E-state index contributed by atoms with van der Waals surface area (Å²) in [6, 6.07) is 2.52. The molecule has 3 heteroatoms. The zero-order valence-electron chi connectivity index (χ0n) is 8.84. The monoisotopic (exact) mass is 184 g/mol. The van der Waals surface area contributed by atoms with Gasteiger partial charge in [-0.05, 0) is 12.8 Å². The SMILES string of the molecule is CCCC(COC)NC(C#N)CC. The highest BCUT2D eigenvalue weighted by Gasteiger charge is 2.11. The molecule has 0 heterocycles. The van der Waals surface area contributed by atoms with Gasteiger partial charge in [0.25, 0.3) is 0 Å². The van der Waals surface area contributed by atoms with Gasteiger partial charge in [0.1, 0.15) is 0 Å². The van der Waals surface area contributed by atoms with E-state index in [1.807, 2.05) is 6.92 Å². The predicted octanol–water partition coefficient (Wildman–Crippen LogP) is 1.69. The normalized spacial score (nSPS) is 14.9. The van der Waals surface area contributed by atoms with Crippen LogP contribution in [-0.4, -0.2) is 25.8 Å². The van der Waals surface area contributed by atoms with Crippen LogP contribution >= 0.6 is 0 Å². The zero-order valence-corrected chi connectivity index (χ0v) is 8.84. The standard InChI is InChI=1S/C10H20N2O/c1-4-6-10(8-13-3)12-9(5-2)7-11/h9-10,12H,4-6,8H2,1-3H3. The molecule has 0 amide bonds. The molecule has 2 atom stereocenters. The van der Waals surface area contributed by atoms with Crippen LogP contribution < -0.4 is 5.32 Å². The number of ether oxygens (including phenoxy) is 1. The van der Waals surface area contributed by atoms with Crippen molar-refractivity contribution >= 4 is 0 Å². The molecule has 0 saturated carbocycles. The van der Waals surface area contributed by atoms with Gasteiger partial charge in [-0.1, -0.05) is 20.3 Å². The zero-order chi connectivity index (χ0) is 10.1. The molecular formula is C10H20N2O. The molecule has 0 radical (unpaired) electrons. The number of hydrogen-bond donors (Lipinski definition) is 1. The fourth-order valence-corrected chi connectivity index (χ4v) is 1.30. The lowest BCUT2D eigenvalue weighted by atomic mass is 10.1. The Morgan fingerprint density at radius 3 is 2.54 bits per heavy atom. The molecule has 0 fully saturated rings. The van der Waals surface area contributed by atoms with Gasteiger partial charge in [0.05, 0.1) is 18.7 Å². The Kier molecular flexibility index (Phi) is 7.66. The Morgan fingerprint density at radius 1 is 1.46 bits per heavy atom. The third-order valence-corrected chi connectivity index (χ3v) is 2.01. The molecule has 76 valence electrons. The number of rotatable bonds is 7. The maximum Gasteiger partial charge on any atom is 0.0953 e. The molecule has 0 aliphatic carbocycles. The van der Waals surface area contributed by atoms with Crippen molar-refractivity contribution in [3.8, 4) is 6.07 Å². The third kappa shape index (κ3) is 5.62. The molecule has 0 aliphatic heterocycles. The van der Waals surface area contributed by atoms with Crippen LogP contribution in [-0.2, 0) is 4.74 Å². The second-order valence-corrected chi connectivity index (χ2v) is 3.20. The van der Waals surface area contributed by atoms with Gasteiger partial charge in [-0.25, -0.2) is 0 Å². The van der Waals surface area contributed by atoms with Crippen molar-refractivity contribution in [2.45, 2.75) is 45.2 Å². The molecule has 2 unspecified atom stereocenters. The van der Waals surface area contributed by atoms with Gasteiger partial charge in [0, 0.05) is 13.2 Å². The fourth-order valence-electron chi connectivity index (χ4n) is 1.30. The number of nitrogens with one attached hydrogen (secondary N) is 1. The summed E-state index contributed by atoms with van der Waals surface area (Å²) in [5, 5.41) is 12.0. The summed E-state index contributed by atoms with van der Waals surface area (Å²) in [7, 11) is 1.69. The van der Waals surface area contributed by atoms with Crippen molar-refractivity contribution in [1.82, 2.24) is 5.32 Å². The largest absolute Gasteiger partial charge is 0.383 e. The minimum absolute atomic E-state index is 0.0355. The van der Waals surface area contributed by atoms with Crippen LogP contribution in [0.25, 0.3) is 0 Å². The van der Waals surface area contributed by atoms with Crippen LogP contribution in [0, 0.1) is 11.3 Å². The molecule has 13 heavy (non-hydrogen) atoms. The van der Waals surface area contributed by atoms with E-state index in [9.17, 15) is 0 Å². The maximum absolute atomic E-state index is 8.76. The third-order valence-electron chi connectivity index (χ3n) is 2.01.